The van der Waals surface area contributed by atoms with Crippen LogP contribution in [0.25, 0.3) is 79.4 Å². The molecule has 4 unspecified atom stereocenters. The zero-order valence-corrected chi connectivity index (χ0v) is 74.4. The van der Waals surface area contributed by atoms with Gasteiger partial charge in [0.15, 0.2) is 0 Å². The number of hydrogen-bond acceptors (Lipinski definition) is 12. The number of aliphatic hydroxyl groups excluding tert-OH is 4. The fourth-order valence-corrected chi connectivity index (χ4v) is 11.0. The van der Waals surface area contributed by atoms with E-state index in [-0.39, 0.29) is 104 Å². The molecule has 0 spiro atoms. The Bertz CT molecular complexity index is 4690. The van der Waals surface area contributed by atoms with Crippen LogP contribution >= 0.6 is 0 Å². The predicted molar refractivity (Wildman–Crippen MR) is 419 cm³/mol. The molecule has 9 aromatic carbocycles. The summed E-state index contributed by atoms with van der Waals surface area (Å²) in [5.74, 6) is 6.33. The first-order valence-corrected chi connectivity index (χ1v) is 35.2. The molecule has 20 heteroatoms. The zero-order valence-electron chi connectivity index (χ0n) is 64.8. The minimum Gasteiger partial charge on any atom is -0.393 e. The van der Waals surface area contributed by atoms with Gasteiger partial charge < -0.3 is 20.4 Å². The molecule has 0 saturated heterocycles. The molecule has 0 aliphatic carbocycles. The first-order chi connectivity index (χ1) is 49.4. The monoisotopic (exact) mass is 2160 g/mol. The van der Waals surface area contributed by atoms with E-state index in [1.807, 2.05) is 216 Å². The molecule has 0 fully saturated rings. The van der Waals surface area contributed by atoms with Gasteiger partial charge in [0, 0.05) is 67.7 Å². The summed E-state index contributed by atoms with van der Waals surface area (Å²) >= 11 is 0. The number of benzene rings is 9. The first kappa shape index (κ1) is 92.4. The molecule has 575 valence electrons. The van der Waals surface area contributed by atoms with Crippen molar-refractivity contribution in [2.75, 3.05) is 0 Å². The normalized spacial score (nSPS) is 11.8. The molecule has 0 amide bonds. The second-order valence-electron chi connectivity index (χ2n) is 28.3. The molecule has 13 aromatic rings. The molecule has 0 bridgehead atoms. The van der Waals surface area contributed by atoms with Gasteiger partial charge in [0.2, 0.25) is 0 Å². The Kier molecular flexibility index (Phi) is 37.1. The Morgan fingerprint density at radius 1 is 0.352 bits per heavy atom. The van der Waals surface area contributed by atoms with Crippen molar-refractivity contribution in [1.82, 2.24) is 59.1 Å². The largest absolute Gasteiger partial charge is 1.00 e. The first-order valence-electron chi connectivity index (χ1n) is 35.2. The van der Waals surface area contributed by atoms with Crippen molar-refractivity contribution in [1.29, 1.82) is 0 Å². The number of nitrogens with zero attached hydrogens (tertiary/aromatic N) is 12. The van der Waals surface area contributed by atoms with Gasteiger partial charge in [0.05, 0.1) is 70.5 Å². The van der Waals surface area contributed by atoms with E-state index < -0.39 is 12.2 Å². The van der Waals surface area contributed by atoms with E-state index in [0.29, 0.717) is 30.3 Å². The number of rotatable bonds is 13. The molecule has 13 rings (SSSR count). The molecule has 4 atom stereocenters. The van der Waals surface area contributed by atoms with Crippen LogP contribution in [0.2, 0.25) is 0 Å². The summed E-state index contributed by atoms with van der Waals surface area (Å²) in [6.45, 7) is 35.5. The van der Waals surface area contributed by atoms with Crippen LogP contribution in [0.1, 0.15) is 125 Å². The Balaban J connectivity index is 0.000000280. The van der Waals surface area contributed by atoms with Gasteiger partial charge in [-0.2, -0.15) is 20.4 Å². The second-order valence-corrected chi connectivity index (χ2v) is 28.3. The minimum absolute atomic E-state index is 0. The number of para-hydroxylation sites is 4. The predicted octanol–water partition coefficient (Wildman–Crippen LogP) is 18.0. The van der Waals surface area contributed by atoms with E-state index >= 15 is 0 Å². The van der Waals surface area contributed by atoms with Crippen molar-refractivity contribution >= 4 is 0 Å². The van der Waals surface area contributed by atoms with E-state index in [1.54, 1.807) is 13.8 Å². The third-order valence-corrected chi connectivity index (χ3v) is 17.0. The minimum atomic E-state index is -0.443. The molecule has 0 aliphatic heterocycles. The fraction of sp³-hybridized carbons (Fsp3) is 0.295. The summed E-state index contributed by atoms with van der Waals surface area (Å²) in [6, 6.07) is 81.7. The number of aryl methyl sites for hydroxylation is 10. The summed E-state index contributed by atoms with van der Waals surface area (Å²) < 4.78 is 7.56. The molecule has 0 saturated carbocycles. The number of aromatic nitrogens is 12. The molecule has 4 aromatic heterocycles. The van der Waals surface area contributed by atoms with Crippen molar-refractivity contribution in [3.63, 3.8) is 0 Å². The van der Waals surface area contributed by atoms with Gasteiger partial charge in [0.25, 0.3) is 0 Å². The second kappa shape index (κ2) is 43.4. The van der Waals surface area contributed by atoms with E-state index in [2.05, 4.69) is 179 Å². The quantitative estimate of drug-likeness (QED) is 0.0797. The van der Waals surface area contributed by atoms with Crippen LogP contribution in [-0.2, 0) is 81.1 Å². The standard InChI is InChI=1S/C22H18N3.C18H18N3.2C16H14N3.C11H24O2.C5H12O2.2Ir.Os.Pt/c1-16-9-6-7-14-21(16)25-17(2)23-22(24-25)20-13-8-12-19(15-20)18-10-4-3-5-11-18;1-12-9-13(2)11-16(10-12)18-19-15(4)21(20-18)17-8-6-5-7-14(17)3;2*1-12-8-6-7-11-15(12)19-13(2)17-16(18-19)14-9-4-3-5-10-14;1-10(2,3)8(12)7-9(13)11(4,5)6;1-4(6)3-5(2)7;;;;/h3-12,14-15H,1-2H3;5-10H,1-4H3;2*3-9,11H,1-2H3;8-9,12-13H,7H2,1-6H3;4-7H,3H2,1-2H3;;;;/q4*-1;;;;;+1;. The summed E-state index contributed by atoms with van der Waals surface area (Å²) in [4.78, 5) is 18.3. The molecule has 0 aliphatic rings. The third kappa shape index (κ3) is 26.7. The average Bonchev–Trinajstić information content (AvgIpc) is 1.82. The van der Waals surface area contributed by atoms with Gasteiger partial charge in [-0.25, -0.2) is 18.7 Å². The van der Waals surface area contributed by atoms with E-state index in [0.717, 1.165) is 85.3 Å². The third-order valence-electron chi connectivity index (χ3n) is 17.0. The molecule has 108 heavy (non-hydrogen) atoms. The maximum Gasteiger partial charge on any atom is 1.00 e. The fourth-order valence-electron chi connectivity index (χ4n) is 11.0. The molecule has 4 N–H and O–H groups in total. The van der Waals surface area contributed by atoms with Crippen LogP contribution in [0.15, 0.2) is 206 Å². The van der Waals surface area contributed by atoms with Gasteiger partial charge in [-0.3, -0.25) is 19.9 Å². The van der Waals surface area contributed by atoms with Gasteiger partial charge >= 0.3 is 19.8 Å². The zero-order chi connectivity index (χ0) is 75.4. The van der Waals surface area contributed by atoms with E-state index in [9.17, 15) is 10.2 Å². The topological polar surface area (TPSA) is 204 Å². The summed E-state index contributed by atoms with van der Waals surface area (Å²) in [7, 11) is 0. The van der Waals surface area contributed by atoms with E-state index in [4.69, 9.17) is 15.3 Å². The Morgan fingerprint density at radius 3 is 0.972 bits per heavy atom. The maximum absolute atomic E-state index is 9.76. The van der Waals surface area contributed by atoms with Crippen molar-refractivity contribution < 1.29 is 101 Å². The SMILES string of the molecule is CC(C)(C)C(O)CC(O)C(C)(C)C.CC(O)CC(C)O.Cc1[c-]c(-c2nc(C)n(-c3ccccc3C)n2)cc(C)c1.Cc1ccccc1-n1nc(-c2[c-]ccc(-c3ccccc3)c2)nc1C.Cc1ccccc1-n1nc(-c2[c-]cccc2)nc1C.Cc1ccccc1-n1nc(-c2[c-]cccc2)nc1C.[Ir].[Ir].[Os+].[Pt]. The van der Waals surface area contributed by atoms with Crippen molar-refractivity contribution in [3.05, 3.63) is 287 Å². The van der Waals surface area contributed by atoms with Crippen molar-refractivity contribution in [2.45, 2.75) is 162 Å². The Hall–Kier alpha value is -8.00. The smallest absolute Gasteiger partial charge is 0.393 e. The van der Waals surface area contributed by atoms with Gasteiger partial charge in [0.1, 0.15) is 23.3 Å². The van der Waals surface area contributed by atoms with Crippen molar-refractivity contribution in [2.24, 2.45) is 10.8 Å². The van der Waals surface area contributed by atoms with Crippen LogP contribution in [0, 0.1) is 104 Å². The molecule has 3 radical (unpaired) electrons. The molecular formula is C88H100Ir2N12O4OsPt-3. The van der Waals surface area contributed by atoms with Crippen LogP contribution in [0.4, 0.5) is 0 Å². The van der Waals surface area contributed by atoms with Gasteiger partial charge in [-0.15, -0.1) is 142 Å². The van der Waals surface area contributed by atoms with E-state index in [1.165, 1.54) is 33.4 Å². The molecular weight excluding hydrogens is 2060 g/mol. The summed E-state index contributed by atoms with van der Waals surface area (Å²) in [6.07, 6.45) is -0.712. The van der Waals surface area contributed by atoms with Crippen LogP contribution in [0.3, 0.4) is 0 Å². The van der Waals surface area contributed by atoms with Crippen LogP contribution in [-0.4, -0.2) is 104 Å². The van der Waals surface area contributed by atoms with Crippen LogP contribution in [0.5, 0.6) is 0 Å². The Morgan fingerprint density at radius 2 is 0.667 bits per heavy atom. The van der Waals surface area contributed by atoms with Gasteiger partial charge in [-0.1, -0.05) is 159 Å². The van der Waals surface area contributed by atoms with Crippen molar-refractivity contribution in [3.8, 4) is 79.4 Å². The number of hydrogen-bond donors (Lipinski definition) is 4. The average molecular weight is 2160 g/mol. The number of aliphatic hydroxyl groups is 4. The Labute approximate surface area is 694 Å². The van der Waals surface area contributed by atoms with Gasteiger partial charge in [-0.05, 0) is 139 Å². The molecule has 16 nitrogen and oxygen atoms in total. The van der Waals surface area contributed by atoms with Crippen LogP contribution < -0.4 is 0 Å². The summed E-state index contributed by atoms with van der Waals surface area (Å²) in [5.41, 5.74) is 17.0. The summed E-state index contributed by atoms with van der Waals surface area (Å²) in [5, 5.41) is 55.2. The molecule has 4 heterocycles. The maximum atomic E-state index is 9.76.